The van der Waals surface area contributed by atoms with Crippen molar-refractivity contribution in [3.8, 4) is 0 Å². The molecule has 4 amide bonds. The Morgan fingerprint density at radius 3 is 1.64 bits per heavy atom. The van der Waals surface area contributed by atoms with Gasteiger partial charge in [0.25, 0.3) is 11.8 Å². The van der Waals surface area contributed by atoms with Gasteiger partial charge in [-0.15, -0.1) is 0 Å². The van der Waals surface area contributed by atoms with Gasteiger partial charge in [-0.25, -0.2) is 9.79 Å². The molecule has 18 nitrogen and oxygen atoms in total. The Balaban J connectivity index is 0.000000213. The average molecular weight is 1020 g/mol. The van der Waals surface area contributed by atoms with Gasteiger partial charge in [-0.1, -0.05) is 101 Å². The number of benzodiazepines with no additional fused rings is 2. The molecular weight excluding hydrogens is 951 g/mol. The van der Waals surface area contributed by atoms with Crippen molar-refractivity contribution < 1.29 is 34.2 Å². The number of aryl methyl sites for hydroxylation is 1. The summed E-state index contributed by atoms with van der Waals surface area (Å²) < 4.78 is 0. The first-order chi connectivity index (χ1) is 35.8. The summed E-state index contributed by atoms with van der Waals surface area (Å²) in [6, 6.07) is 39.6. The third kappa shape index (κ3) is 14.0. The first kappa shape index (κ1) is 55.9. The third-order valence-electron chi connectivity index (χ3n) is 12.4. The number of carbonyl (C=O) groups is 5. The van der Waals surface area contributed by atoms with Crippen molar-refractivity contribution in [3.05, 3.63) is 174 Å². The Bertz CT molecular complexity index is 3050. The molecule has 2 atom stereocenters. The zero-order valence-corrected chi connectivity index (χ0v) is 43.3. The first-order valence-corrected chi connectivity index (χ1v) is 24.3. The summed E-state index contributed by atoms with van der Waals surface area (Å²) in [5.74, 6) is -1.65. The maximum atomic E-state index is 13.9. The van der Waals surface area contributed by atoms with Crippen molar-refractivity contribution in [2.24, 2.45) is 26.5 Å². The molecule has 2 aromatic heterocycles. The lowest BCUT2D eigenvalue weighted by Crippen LogP contribution is -2.51. The van der Waals surface area contributed by atoms with Crippen molar-refractivity contribution in [3.63, 3.8) is 0 Å². The van der Waals surface area contributed by atoms with E-state index in [4.69, 9.17) is 11.5 Å². The Hall–Kier alpha value is -8.45. The van der Waals surface area contributed by atoms with Crippen molar-refractivity contribution in [2.45, 2.75) is 53.4 Å². The van der Waals surface area contributed by atoms with E-state index < -0.39 is 41.0 Å². The zero-order valence-electron chi connectivity index (χ0n) is 43.3. The SMILES string of the molecule is CC(C)(CO)C(=O)CN1C(=O)[C@H](N)N=C(c2ccccn2)c2ccccc21.CCc1cccc(NC(=O)N[C@@H]2N=C(c3ccccn3)c3ccccc3N(CC(=O)C(C)(C)CO)C2=O)c1.CN(C)c1cccc(N)c1. The standard InChI is InChI=1S/C29H31N5O4.C20H22N4O3.C8H12N2/c1-4-19-10-9-11-20(16-19)31-28(38)33-26-27(37)34(17-24(36)29(2,3)18-35)23-14-6-5-12-21(23)25(32-26)22-13-7-8-15-30-22;1-20(2,12-25)16(26)11-24-15-9-4-3-7-13(15)17(23-18(21)19(24)27)14-8-5-6-10-22-14;1-10(2)8-5-3-4-7(9)6-8/h5-16,26,35H,4,17-18H2,1-3H3,(H2,31,33,38);3-10,18,25H,11-12,21H2,1-2H3;3-6H,9H2,1-2H3/t26-;18-;/m01./s1. The molecule has 0 saturated carbocycles. The molecule has 2 aliphatic rings. The number of Topliss-reactive ketones (excluding diaryl/α,β-unsaturated/α-hetero) is 2. The van der Waals surface area contributed by atoms with Crippen LogP contribution in [0.1, 0.15) is 62.7 Å². The van der Waals surface area contributed by atoms with Gasteiger partial charge in [-0.3, -0.25) is 34.1 Å². The number of rotatable bonds is 14. The maximum Gasteiger partial charge on any atom is 0.321 e. The van der Waals surface area contributed by atoms with Crippen LogP contribution in [0, 0.1) is 10.8 Å². The molecule has 75 heavy (non-hydrogen) atoms. The second-order valence-corrected chi connectivity index (χ2v) is 19.2. The minimum absolute atomic E-state index is 0.192. The summed E-state index contributed by atoms with van der Waals surface area (Å²) in [5.41, 5.74) is 17.4. The fraction of sp³-hybridized carbons (Fsp3) is 0.281. The molecule has 0 spiro atoms. The molecular formula is C57H65N11O7. The van der Waals surface area contributed by atoms with Crippen molar-refractivity contribution >= 4 is 69.3 Å². The second kappa shape index (κ2) is 25.0. The molecule has 0 bridgehead atoms. The summed E-state index contributed by atoms with van der Waals surface area (Å²) in [7, 11) is 3.99. The number of anilines is 5. The van der Waals surface area contributed by atoms with E-state index in [0.717, 1.165) is 23.4 Å². The molecule has 4 heterocycles. The number of fused-ring (bicyclic) bond motifs is 2. The molecule has 2 aliphatic heterocycles. The van der Waals surface area contributed by atoms with Crippen molar-refractivity contribution in [1.82, 2.24) is 15.3 Å². The molecule has 0 aliphatic carbocycles. The number of amides is 4. The molecule has 0 saturated heterocycles. The normalized spacial score (nSPS) is 15.2. The molecule has 18 heteroatoms. The number of aromatic nitrogens is 2. The summed E-state index contributed by atoms with van der Waals surface area (Å²) >= 11 is 0. The van der Waals surface area contributed by atoms with E-state index >= 15 is 0 Å². The number of benzene rings is 4. The highest BCUT2D eigenvalue weighted by molar-refractivity contribution is 6.21. The van der Waals surface area contributed by atoms with Crippen LogP contribution in [0.5, 0.6) is 0 Å². The minimum atomic E-state index is -1.33. The molecule has 8 N–H and O–H groups in total. The fourth-order valence-electron chi connectivity index (χ4n) is 7.57. The monoisotopic (exact) mass is 1020 g/mol. The number of aliphatic hydroxyl groups is 2. The van der Waals surface area contributed by atoms with Crippen LogP contribution in [-0.2, 0) is 25.6 Å². The smallest absolute Gasteiger partial charge is 0.321 e. The van der Waals surface area contributed by atoms with Gasteiger partial charge in [-0.05, 0) is 78.7 Å². The number of nitrogen functional groups attached to an aromatic ring is 1. The first-order valence-electron chi connectivity index (χ1n) is 24.3. The number of aliphatic hydroxyl groups excluding tert-OH is 2. The number of nitrogens with zero attached hydrogens (tertiary/aromatic N) is 7. The quantitative estimate of drug-likeness (QED) is 0.0683. The Kier molecular flexibility index (Phi) is 18.6. The highest BCUT2D eigenvalue weighted by atomic mass is 16.3. The maximum absolute atomic E-state index is 13.9. The van der Waals surface area contributed by atoms with Gasteiger partial charge in [-0.2, -0.15) is 0 Å². The average Bonchev–Trinajstić information content (AvgIpc) is 3.59. The van der Waals surface area contributed by atoms with E-state index in [0.29, 0.717) is 51.0 Å². The predicted octanol–water partition coefficient (Wildman–Crippen LogP) is 6.04. The van der Waals surface area contributed by atoms with Crippen LogP contribution in [-0.4, -0.2) is 114 Å². The van der Waals surface area contributed by atoms with Gasteiger partial charge < -0.3 is 47.0 Å². The van der Waals surface area contributed by atoms with E-state index in [-0.39, 0.29) is 37.9 Å². The van der Waals surface area contributed by atoms with Crippen LogP contribution in [0.2, 0.25) is 0 Å². The van der Waals surface area contributed by atoms with Gasteiger partial charge in [0, 0.05) is 65.5 Å². The van der Waals surface area contributed by atoms with Crippen molar-refractivity contribution in [2.75, 3.05) is 66.1 Å². The highest BCUT2D eigenvalue weighted by Gasteiger charge is 2.38. The third-order valence-corrected chi connectivity index (χ3v) is 12.4. The number of para-hydroxylation sites is 2. The Labute approximate surface area is 437 Å². The largest absolute Gasteiger partial charge is 0.399 e. The number of urea groups is 1. The summed E-state index contributed by atoms with van der Waals surface area (Å²) in [6.45, 7) is 7.36. The molecule has 0 unspecified atom stereocenters. The van der Waals surface area contributed by atoms with E-state index in [9.17, 15) is 34.2 Å². The van der Waals surface area contributed by atoms with Gasteiger partial charge in [0.2, 0.25) is 6.17 Å². The van der Waals surface area contributed by atoms with Crippen molar-refractivity contribution in [1.29, 1.82) is 0 Å². The molecule has 6 aromatic rings. The number of hydrogen-bond acceptors (Lipinski definition) is 14. The topological polar surface area (TPSA) is 262 Å². The van der Waals surface area contributed by atoms with E-state index in [2.05, 4.69) is 30.6 Å². The molecule has 8 rings (SSSR count). The van der Waals surface area contributed by atoms with Gasteiger partial charge >= 0.3 is 6.03 Å². The van der Waals surface area contributed by atoms with Crippen LogP contribution < -0.4 is 36.8 Å². The molecule has 0 radical (unpaired) electrons. The van der Waals surface area contributed by atoms with Crippen LogP contribution >= 0.6 is 0 Å². The van der Waals surface area contributed by atoms with Gasteiger partial charge in [0.15, 0.2) is 17.7 Å². The van der Waals surface area contributed by atoms with E-state index in [1.807, 2.05) is 86.6 Å². The summed E-state index contributed by atoms with van der Waals surface area (Å²) in [5, 5.41) is 24.6. The van der Waals surface area contributed by atoms with Gasteiger partial charge in [0.05, 0.1) is 60.5 Å². The second-order valence-electron chi connectivity index (χ2n) is 19.2. The highest BCUT2D eigenvalue weighted by Crippen LogP contribution is 2.31. The fourth-order valence-corrected chi connectivity index (χ4v) is 7.57. The van der Waals surface area contributed by atoms with E-state index in [1.165, 1.54) is 9.80 Å². The number of carbonyl (C=O) groups excluding carboxylic acids is 5. The predicted molar refractivity (Wildman–Crippen MR) is 294 cm³/mol. The number of aliphatic imine (C=N–C) groups is 2. The Morgan fingerprint density at radius 2 is 1.16 bits per heavy atom. The molecule has 4 aromatic carbocycles. The van der Waals surface area contributed by atoms with Crippen LogP contribution in [0.3, 0.4) is 0 Å². The zero-order chi connectivity index (χ0) is 54.5. The minimum Gasteiger partial charge on any atom is -0.399 e. The number of ketones is 2. The number of hydrogen-bond donors (Lipinski definition) is 6. The van der Waals surface area contributed by atoms with Crippen LogP contribution in [0.15, 0.2) is 156 Å². The van der Waals surface area contributed by atoms with Crippen LogP contribution in [0.4, 0.5) is 33.2 Å². The Morgan fingerprint density at radius 1 is 0.653 bits per heavy atom. The number of nitrogens with one attached hydrogen (secondary N) is 2. The molecule has 0 fully saturated rings. The number of pyridine rings is 2. The lowest BCUT2D eigenvalue weighted by Gasteiger charge is -2.28. The van der Waals surface area contributed by atoms with Crippen LogP contribution in [0.25, 0.3) is 0 Å². The lowest BCUT2D eigenvalue weighted by atomic mass is 9.88. The number of nitrogens with two attached hydrogens (primary N) is 2. The summed E-state index contributed by atoms with van der Waals surface area (Å²) in [6.07, 6.45) is 1.58. The lowest BCUT2D eigenvalue weighted by molar-refractivity contribution is -0.130. The molecule has 390 valence electrons. The van der Waals surface area contributed by atoms with E-state index in [1.54, 1.807) is 113 Å². The van der Waals surface area contributed by atoms with Gasteiger partial charge in [0.1, 0.15) is 0 Å². The summed E-state index contributed by atoms with van der Waals surface area (Å²) in [4.78, 5) is 88.0.